The fraction of sp³-hybridized carbons (Fsp3) is 0.250. The van der Waals surface area contributed by atoms with Crippen LogP contribution in [0.15, 0.2) is 30.3 Å². The molecule has 2 aromatic carbocycles. The van der Waals surface area contributed by atoms with E-state index in [1.165, 1.54) is 6.07 Å². The van der Waals surface area contributed by atoms with Crippen molar-refractivity contribution in [3.8, 4) is 5.75 Å². The fourth-order valence-corrected chi connectivity index (χ4v) is 2.09. The molecule has 0 fully saturated rings. The minimum Gasteiger partial charge on any atom is -0.488 e. The van der Waals surface area contributed by atoms with Crippen LogP contribution >= 0.6 is 0 Å². The highest BCUT2D eigenvalue weighted by molar-refractivity contribution is 5.44. The molecule has 21 heavy (non-hydrogen) atoms. The van der Waals surface area contributed by atoms with Crippen molar-refractivity contribution in [3.05, 3.63) is 68.5 Å². The molecule has 5 heteroatoms. The minimum absolute atomic E-state index is 0.167. The van der Waals surface area contributed by atoms with E-state index in [1.807, 2.05) is 32.9 Å². The lowest BCUT2D eigenvalue weighted by atomic mass is 10.1. The van der Waals surface area contributed by atoms with Crippen LogP contribution in [0.25, 0.3) is 0 Å². The first-order valence-corrected chi connectivity index (χ1v) is 6.52. The van der Waals surface area contributed by atoms with E-state index < -0.39 is 16.4 Å². The van der Waals surface area contributed by atoms with Crippen LogP contribution in [0, 0.1) is 36.7 Å². The highest BCUT2D eigenvalue weighted by atomic mass is 19.1. The summed E-state index contributed by atoms with van der Waals surface area (Å²) >= 11 is 0. The Kier molecular flexibility index (Phi) is 4.21. The van der Waals surface area contributed by atoms with Crippen molar-refractivity contribution in [2.45, 2.75) is 27.4 Å². The number of hydrogen-bond acceptors (Lipinski definition) is 3. The molecular weight excluding hydrogens is 273 g/mol. The number of nitro groups is 1. The predicted octanol–water partition coefficient (Wildman–Crippen LogP) is 4.24. The van der Waals surface area contributed by atoms with E-state index in [-0.39, 0.29) is 6.61 Å². The number of rotatable bonds is 4. The van der Waals surface area contributed by atoms with Gasteiger partial charge in [0.15, 0.2) is 0 Å². The second-order valence-corrected chi connectivity index (χ2v) is 4.99. The van der Waals surface area contributed by atoms with Crippen LogP contribution in [-0.2, 0) is 6.61 Å². The molecule has 2 aromatic rings. The molecule has 2 rings (SSSR count). The molecule has 4 nitrogen and oxygen atoms in total. The molecule has 0 aliphatic carbocycles. The van der Waals surface area contributed by atoms with E-state index in [2.05, 4.69) is 0 Å². The van der Waals surface area contributed by atoms with Gasteiger partial charge in [-0.2, -0.15) is 4.39 Å². The molecule has 0 aliphatic rings. The third-order valence-electron chi connectivity index (χ3n) is 3.47. The van der Waals surface area contributed by atoms with Crippen LogP contribution in [-0.4, -0.2) is 4.92 Å². The zero-order chi connectivity index (χ0) is 15.6. The van der Waals surface area contributed by atoms with E-state index in [4.69, 9.17) is 4.74 Å². The van der Waals surface area contributed by atoms with E-state index in [0.717, 1.165) is 34.6 Å². The minimum atomic E-state index is -0.848. The lowest BCUT2D eigenvalue weighted by Gasteiger charge is -2.14. The number of benzene rings is 2. The quantitative estimate of drug-likeness (QED) is 0.625. The van der Waals surface area contributed by atoms with Crippen LogP contribution in [0.2, 0.25) is 0 Å². The van der Waals surface area contributed by atoms with Gasteiger partial charge in [0, 0.05) is 6.07 Å². The van der Waals surface area contributed by atoms with Gasteiger partial charge in [-0.3, -0.25) is 10.1 Å². The molecule has 0 radical (unpaired) electrons. The summed E-state index contributed by atoms with van der Waals surface area (Å²) in [6, 6.07) is 7.78. The highest BCUT2D eigenvalue weighted by Gasteiger charge is 2.14. The van der Waals surface area contributed by atoms with Crippen molar-refractivity contribution in [2.75, 3.05) is 0 Å². The summed E-state index contributed by atoms with van der Waals surface area (Å²) < 4.78 is 19.3. The Morgan fingerprint density at radius 3 is 2.43 bits per heavy atom. The Labute approximate surface area is 122 Å². The van der Waals surface area contributed by atoms with E-state index in [0.29, 0.717) is 5.56 Å². The Morgan fingerprint density at radius 2 is 1.81 bits per heavy atom. The maximum atomic E-state index is 13.6. The molecule has 0 aromatic heterocycles. The van der Waals surface area contributed by atoms with Crippen LogP contribution < -0.4 is 4.74 Å². The number of halogens is 1. The smallest absolute Gasteiger partial charge is 0.304 e. The first kappa shape index (κ1) is 15.0. The van der Waals surface area contributed by atoms with Crippen molar-refractivity contribution >= 4 is 5.69 Å². The molecule has 110 valence electrons. The highest BCUT2D eigenvalue weighted by Crippen LogP contribution is 2.27. The first-order chi connectivity index (χ1) is 9.90. The largest absolute Gasteiger partial charge is 0.488 e. The maximum Gasteiger partial charge on any atom is 0.304 e. The van der Waals surface area contributed by atoms with Crippen molar-refractivity contribution in [3.63, 3.8) is 0 Å². The third-order valence-corrected chi connectivity index (χ3v) is 3.47. The first-order valence-electron chi connectivity index (χ1n) is 6.52. The van der Waals surface area contributed by atoms with E-state index in [9.17, 15) is 14.5 Å². The number of ether oxygens (including phenoxy) is 1. The van der Waals surface area contributed by atoms with Gasteiger partial charge in [0.1, 0.15) is 12.4 Å². The van der Waals surface area contributed by atoms with Crippen LogP contribution in [0.3, 0.4) is 0 Å². The van der Waals surface area contributed by atoms with Crippen molar-refractivity contribution in [1.29, 1.82) is 0 Å². The van der Waals surface area contributed by atoms with Crippen LogP contribution in [0.5, 0.6) is 5.75 Å². The third kappa shape index (κ3) is 3.18. The van der Waals surface area contributed by atoms with Gasteiger partial charge in [-0.05, 0) is 55.2 Å². The fourth-order valence-electron chi connectivity index (χ4n) is 2.09. The maximum absolute atomic E-state index is 13.6. The topological polar surface area (TPSA) is 52.4 Å². The Balaban J connectivity index is 2.19. The molecule has 0 atom stereocenters. The van der Waals surface area contributed by atoms with Crippen molar-refractivity contribution < 1.29 is 14.1 Å². The van der Waals surface area contributed by atoms with Crippen LogP contribution in [0.4, 0.5) is 10.1 Å². The van der Waals surface area contributed by atoms with Gasteiger partial charge in [0.2, 0.25) is 5.82 Å². The van der Waals surface area contributed by atoms with E-state index >= 15 is 0 Å². The number of hydrogen-bond donors (Lipinski definition) is 0. The Bertz CT molecular complexity index is 698. The molecule has 0 heterocycles. The summed E-state index contributed by atoms with van der Waals surface area (Å²) in [7, 11) is 0. The van der Waals surface area contributed by atoms with Crippen molar-refractivity contribution in [2.24, 2.45) is 0 Å². The molecule has 0 amide bonds. The normalized spacial score (nSPS) is 10.5. The van der Waals surface area contributed by atoms with Crippen molar-refractivity contribution in [1.82, 2.24) is 0 Å². The second kappa shape index (κ2) is 5.91. The van der Waals surface area contributed by atoms with Gasteiger partial charge >= 0.3 is 5.69 Å². The van der Waals surface area contributed by atoms with Gasteiger partial charge in [0.25, 0.3) is 0 Å². The summed E-state index contributed by atoms with van der Waals surface area (Å²) in [4.78, 5) is 9.83. The van der Waals surface area contributed by atoms with E-state index in [1.54, 1.807) is 0 Å². The molecule has 0 aliphatic heterocycles. The molecule has 0 bridgehead atoms. The summed E-state index contributed by atoms with van der Waals surface area (Å²) in [6.45, 7) is 6.07. The Morgan fingerprint density at radius 1 is 1.14 bits per heavy atom. The predicted molar refractivity (Wildman–Crippen MR) is 78.0 cm³/mol. The van der Waals surface area contributed by atoms with Gasteiger partial charge in [-0.15, -0.1) is 0 Å². The molecule has 0 N–H and O–H groups in total. The number of nitrogens with zero attached hydrogens (tertiary/aromatic N) is 1. The second-order valence-electron chi connectivity index (χ2n) is 4.99. The average Bonchev–Trinajstić information content (AvgIpc) is 2.43. The lowest BCUT2D eigenvalue weighted by molar-refractivity contribution is -0.387. The molecule has 0 unspecified atom stereocenters. The summed E-state index contributed by atoms with van der Waals surface area (Å²) in [6.07, 6.45) is 0. The zero-order valence-electron chi connectivity index (χ0n) is 12.1. The number of aryl methyl sites for hydroxylation is 2. The summed E-state index contributed by atoms with van der Waals surface area (Å²) in [5.41, 5.74) is 3.18. The molecule has 0 saturated carbocycles. The lowest BCUT2D eigenvalue weighted by Crippen LogP contribution is -2.01. The van der Waals surface area contributed by atoms with Gasteiger partial charge in [-0.1, -0.05) is 12.1 Å². The SMILES string of the molecule is Cc1ccc(C)c(OCc2ccc([N+](=O)[O-])c(F)c2)c1C. The molecule has 0 spiro atoms. The summed E-state index contributed by atoms with van der Waals surface area (Å²) in [5.74, 6) is -0.0763. The van der Waals surface area contributed by atoms with Crippen LogP contribution in [0.1, 0.15) is 22.3 Å². The average molecular weight is 289 g/mol. The Hall–Kier alpha value is -2.43. The van der Waals surface area contributed by atoms with Gasteiger partial charge in [0.05, 0.1) is 4.92 Å². The standard InChI is InChI=1S/C16H16FNO3/c1-10-4-5-11(2)16(12(10)3)21-9-13-6-7-15(18(19)20)14(17)8-13/h4-8H,9H2,1-3H3. The zero-order valence-corrected chi connectivity index (χ0v) is 12.1. The number of nitro benzene ring substituents is 1. The molecular formula is C16H16FNO3. The van der Waals surface area contributed by atoms with Gasteiger partial charge < -0.3 is 4.74 Å². The summed E-state index contributed by atoms with van der Waals surface area (Å²) in [5, 5.41) is 10.6. The monoisotopic (exact) mass is 289 g/mol. The van der Waals surface area contributed by atoms with Gasteiger partial charge in [-0.25, -0.2) is 0 Å². The molecule has 0 saturated heterocycles.